The van der Waals surface area contributed by atoms with E-state index in [1.165, 1.54) is 0 Å². The van der Waals surface area contributed by atoms with Crippen LogP contribution < -0.4 is 0 Å². The molecule has 3 aliphatic rings. The number of ether oxygens (including phenoxy) is 2. The number of hydrogen-bond donors (Lipinski definition) is 1. The van der Waals surface area contributed by atoms with Crippen LogP contribution in [-0.4, -0.2) is 60.7 Å². The number of rotatable bonds is 14. The third-order valence-corrected chi connectivity index (χ3v) is 10.6. The van der Waals surface area contributed by atoms with Crippen molar-refractivity contribution in [2.45, 2.75) is 96.7 Å². The molecule has 0 aromatic rings. The van der Waals surface area contributed by atoms with E-state index >= 15 is 0 Å². The van der Waals surface area contributed by atoms with Gasteiger partial charge in [0.1, 0.15) is 17.3 Å². The molecular formula is C29H42F2O10S. The molecule has 1 N–H and O–H groups in total. The van der Waals surface area contributed by atoms with Gasteiger partial charge in [-0.1, -0.05) is 27.2 Å². The van der Waals surface area contributed by atoms with Gasteiger partial charge < -0.3 is 9.47 Å². The molecule has 3 saturated carbocycles. The summed E-state index contributed by atoms with van der Waals surface area (Å²) in [6.07, 6.45) is 5.80. The van der Waals surface area contributed by atoms with Gasteiger partial charge in [0.2, 0.25) is 0 Å². The van der Waals surface area contributed by atoms with Crippen LogP contribution in [0.4, 0.5) is 8.78 Å². The summed E-state index contributed by atoms with van der Waals surface area (Å²) in [4.78, 5) is 63.1. The van der Waals surface area contributed by atoms with E-state index in [9.17, 15) is 41.2 Å². The Balaban J connectivity index is 1.52. The molecule has 7 atom stereocenters. The number of hydrogen-bond acceptors (Lipinski definition) is 9. The molecule has 0 radical (unpaired) electrons. The van der Waals surface area contributed by atoms with Gasteiger partial charge in [-0.2, -0.15) is 17.2 Å². The van der Waals surface area contributed by atoms with Crippen LogP contribution in [0.1, 0.15) is 91.4 Å². The number of unbranched alkanes of at least 4 members (excludes halogenated alkanes) is 1. The Bertz CT molecular complexity index is 1170. The minimum Gasteiger partial charge on any atom is -0.455 e. The highest BCUT2D eigenvalue weighted by Gasteiger charge is 2.61. The number of alkyl halides is 2. The van der Waals surface area contributed by atoms with Crippen molar-refractivity contribution in [2.75, 3.05) is 13.2 Å². The summed E-state index contributed by atoms with van der Waals surface area (Å²) < 4.78 is 64.7. The van der Waals surface area contributed by atoms with Gasteiger partial charge >= 0.3 is 27.3 Å². The molecule has 0 saturated heterocycles. The average Bonchev–Trinajstić information content (AvgIpc) is 3.25. The lowest BCUT2D eigenvalue weighted by Crippen LogP contribution is -2.53. The van der Waals surface area contributed by atoms with Crippen LogP contribution in [0.15, 0.2) is 0 Å². The van der Waals surface area contributed by atoms with Gasteiger partial charge in [-0.15, -0.1) is 0 Å². The van der Waals surface area contributed by atoms with Gasteiger partial charge in [0.05, 0.1) is 0 Å². The van der Waals surface area contributed by atoms with E-state index in [2.05, 4.69) is 4.74 Å². The van der Waals surface area contributed by atoms with Gasteiger partial charge in [0, 0.05) is 43.4 Å². The zero-order valence-electron chi connectivity index (χ0n) is 24.4. The zero-order chi connectivity index (χ0) is 31.5. The fraction of sp³-hybridized carbons (Fsp3) is 0.828. The zero-order valence-corrected chi connectivity index (χ0v) is 25.3. The number of fused-ring (bicyclic) bond motifs is 3. The van der Waals surface area contributed by atoms with Crippen LogP contribution in [0.5, 0.6) is 0 Å². The van der Waals surface area contributed by atoms with Crippen molar-refractivity contribution >= 4 is 39.4 Å². The number of esters is 2. The van der Waals surface area contributed by atoms with Crippen molar-refractivity contribution in [2.24, 2.45) is 40.9 Å². The van der Waals surface area contributed by atoms with Crippen LogP contribution in [-0.2, 0) is 43.6 Å². The minimum absolute atomic E-state index is 0.00103. The van der Waals surface area contributed by atoms with E-state index in [0.717, 1.165) is 25.7 Å². The molecule has 3 rings (SSSR count). The number of carbonyl (C=O) groups excluding carboxylic acids is 5. The Hall–Kier alpha value is -2.28. The highest BCUT2D eigenvalue weighted by Crippen LogP contribution is 2.61. The Morgan fingerprint density at radius 3 is 2.43 bits per heavy atom. The second-order valence-corrected chi connectivity index (χ2v) is 14.1. The molecule has 0 aromatic carbocycles. The maximum absolute atomic E-state index is 13.6. The second kappa shape index (κ2) is 13.6. The number of Topliss-reactive ketones (excluding diaryl/α,β-unsaturated/α-hetero) is 3. The first-order valence-corrected chi connectivity index (χ1v) is 16.2. The molecule has 0 aromatic heterocycles. The third kappa shape index (κ3) is 7.62. The Labute approximate surface area is 245 Å². The molecule has 13 heteroatoms. The summed E-state index contributed by atoms with van der Waals surface area (Å²) in [5, 5.41) is -4.69. The SMILES string of the molecule is CCCCC(=O)C[C@H]1CC(=O)[C@@H]2[C@H](CC(=O)[C@]3(C)[C@@H]([C@H](C)CCC(=O)OCC(=O)OCC(F)(F)S(=O)(=O)O)CC[C@@H]23)C1. The van der Waals surface area contributed by atoms with E-state index < -0.39 is 45.9 Å². The van der Waals surface area contributed by atoms with Crippen LogP contribution in [0.25, 0.3) is 0 Å². The monoisotopic (exact) mass is 620 g/mol. The normalized spacial score (nSPS) is 30.3. The fourth-order valence-corrected chi connectivity index (χ4v) is 7.84. The molecule has 3 aliphatic carbocycles. The molecule has 0 bridgehead atoms. The van der Waals surface area contributed by atoms with Gasteiger partial charge in [0.25, 0.3) is 0 Å². The maximum atomic E-state index is 13.6. The predicted molar refractivity (Wildman–Crippen MR) is 145 cm³/mol. The maximum Gasteiger partial charge on any atom is 0.402 e. The van der Waals surface area contributed by atoms with E-state index in [0.29, 0.717) is 38.5 Å². The molecule has 42 heavy (non-hydrogen) atoms. The molecule has 3 fully saturated rings. The summed E-state index contributed by atoms with van der Waals surface area (Å²) in [6.45, 7) is 2.97. The predicted octanol–water partition coefficient (Wildman–Crippen LogP) is 4.34. The van der Waals surface area contributed by atoms with Crippen molar-refractivity contribution in [3.63, 3.8) is 0 Å². The minimum atomic E-state index is -5.77. The van der Waals surface area contributed by atoms with E-state index in [1.54, 1.807) is 0 Å². The van der Waals surface area contributed by atoms with Gasteiger partial charge in [0.15, 0.2) is 13.2 Å². The highest BCUT2D eigenvalue weighted by atomic mass is 32.2. The molecule has 0 amide bonds. The summed E-state index contributed by atoms with van der Waals surface area (Å²) in [5.74, 6) is -2.20. The number of carbonyl (C=O) groups is 5. The van der Waals surface area contributed by atoms with E-state index in [1.807, 2.05) is 20.8 Å². The smallest absolute Gasteiger partial charge is 0.402 e. The second-order valence-electron chi connectivity index (χ2n) is 12.6. The van der Waals surface area contributed by atoms with Crippen LogP contribution in [0.2, 0.25) is 0 Å². The largest absolute Gasteiger partial charge is 0.455 e. The quantitative estimate of drug-likeness (QED) is 0.219. The molecule has 238 valence electrons. The van der Waals surface area contributed by atoms with E-state index in [4.69, 9.17) is 9.29 Å². The van der Waals surface area contributed by atoms with Crippen molar-refractivity contribution in [3.8, 4) is 0 Å². The van der Waals surface area contributed by atoms with Crippen LogP contribution in [0, 0.1) is 40.9 Å². The van der Waals surface area contributed by atoms with Crippen LogP contribution in [0.3, 0.4) is 0 Å². The lowest BCUT2D eigenvalue weighted by atomic mass is 9.52. The standard InChI is InChI=1S/C29H42F2O10S/c1-4-5-6-20(32)12-18-11-19-14-24(34)28(3)21(8-9-22(28)27(19)23(33)13-18)17(2)7-10-25(35)40-15-26(36)41-16-29(30,31)42(37,38)39/h17-19,21-22,27H,4-16H2,1-3H3,(H,37,38,39)/t17-,18+,19+,21-,22+,27-,28-/m1/s1. The summed E-state index contributed by atoms with van der Waals surface area (Å²) in [6, 6.07) is 0. The highest BCUT2D eigenvalue weighted by molar-refractivity contribution is 7.86. The molecule has 0 heterocycles. The number of ketones is 3. The van der Waals surface area contributed by atoms with Gasteiger partial charge in [-0.05, 0) is 61.7 Å². The summed E-state index contributed by atoms with van der Waals surface area (Å²) >= 11 is 0. The number of halogens is 2. The van der Waals surface area contributed by atoms with Crippen LogP contribution >= 0.6 is 0 Å². The topological polar surface area (TPSA) is 158 Å². The lowest BCUT2D eigenvalue weighted by Gasteiger charge is -2.50. The third-order valence-electron chi connectivity index (χ3n) is 9.76. The first kappa shape index (κ1) is 34.2. The summed E-state index contributed by atoms with van der Waals surface area (Å²) in [7, 11) is -5.77. The lowest BCUT2D eigenvalue weighted by molar-refractivity contribution is -0.162. The van der Waals surface area contributed by atoms with Gasteiger partial charge in [-0.25, -0.2) is 4.79 Å². The van der Waals surface area contributed by atoms with Crippen molar-refractivity contribution in [1.82, 2.24) is 0 Å². The first-order valence-electron chi connectivity index (χ1n) is 14.7. The van der Waals surface area contributed by atoms with Gasteiger partial charge in [-0.3, -0.25) is 23.7 Å². The van der Waals surface area contributed by atoms with E-state index in [-0.39, 0.29) is 59.3 Å². The molecule has 10 nitrogen and oxygen atoms in total. The van der Waals surface area contributed by atoms with Crippen molar-refractivity contribution < 1.29 is 55.2 Å². The Kier molecular flexibility index (Phi) is 11.1. The Morgan fingerprint density at radius 2 is 1.79 bits per heavy atom. The molecule has 0 spiro atoms. The molecule has 0 unspecified atom stereocenters. The first-order chi connectivity index (χ1) is 19.5. The van der Waals surface area contributed by atoms with Crippen molar-refractivity contribution in [3.05, 3.63) is 0 Å². The molecular weight excluding hydrogens is 578 g/mol. The fourth-order valence-electron chi connectivity index (χ4n) is 7.63. The molecule has 0 aliphatic heterocycles. The van der Waals surface area contributed by atoms with Crippen molar-refractivity contribution in [1.29, 1.82) is 0 Å². The Morgan fingerprint density at radius 1 is 1.10 bits per heavy atom. The average molecular weight is 621 g/mol. The summed E-state index contributed by atoms with van der Waals surface area (Å²) in [5.41, 5.74) is -0.702.